The van der Waals surface area contributed by atoms with Gasteiger partial charge in [0.05, 0.1) is 11.8 Å². The van der Waals surface area contributed by atoms with Crippen LogP contribution in [0.2, 0.25) is 0 Å². The van der Waals surface area contributed by atoms with Crippen molar-refractivity contribution in [2.45, 2.75) is 25.5 Å². The summed E-state index contributed by atoms with van der Waals surface area (Å²) in [6.07, 6.45) is 2.01. The molecule has 2 heterocycles. The van der Waals surface area contributed by atoms with E-state index in [2.05, 4.69) is 9.88 Å². The molecule has 3 rings (SSSR count). The quantitative estimate of drug-likeness (QED) is 0.791. The summed E-state index contributed by atoms with van der Waals surface area (Å²) in [5.74, 6) is 2.10. The fraction of sp³-hybridized carbons (Fsp3) is 0.615. The van der Waals surface area contributed by atoms with Crippen molar-refractivity contribution in [3.8, 4) is 0 Å². The molecule has 1 saturated heterocycles. The number of anilines is 1. The monoisotopic (exact) mass is 233 g/mol. The number of hydrogen-bond donors (Lipinski definition) is 2. The Kier molecular flexibility index (Phi) is 2.76. The van der Waals surface area contributed by atoms with E-state index in [4.69, 9.17) is 5.73 Å². The van der Waals surface area contributed by atoms with Crippen LogP contribution in [0, 0.1) is 11.8 Å². The minimum absolute atomic E-state index is 0.109. The Morgan fingerprint density at radius 1 is 1.35 bits per heavy atom. The van der Waals surface area contributed by atoms with E-state index in [1.165, 1.54) is 0 Å². The number of fused-ring (bicyclic) bond motifs is 1. The van der Waals surface area contributed by atoms with Crippen LogP contribution in [0.3, 0.4) is 0 Å². The first kappa shape index (κ1) is 11.0. The highest BCUT2D eigenvalue weighted by atomic mass is 16.3. The van der Waals surface area contributed by atoms with E-state index in [1.54, 1.807) is 0 Å². The molecule has 0 amide bonds. The number of aliphatic hydroxyl groups excluding tert-OH is 1. The van der Waals surface area contributed by atoms with Crippen LogP contribution in [0.15, 0.2) is 18.2 Å². The fourth-order valence-corrected chi connectivity index (χ4v) is 3.18. The summed E-state index contributed by atoms with van der Waals surface area (Å²) >= 11 is 0. The van der Waals surface area contributed by atoms with Gasteiger partial charge in [0.2, 0.25) is 0 Å². The maximum Gasteiger partial charge on any atom is 0.128 e. The van der Waals surface area contributed by atoms with E-state index >= 15 is 0 Å². The van der Waals surface area contributed by atoms with E-state index < -0.39 is 0 Å². The molecule has 1 saturated carbocycles. The zero-order chi connectivity index (χ0) is 11.8. The van der Waals surface area contributed by atoms with Crippen LogP contribution < -0.4 is 10.6 Å². The first-order valence-electron chi connectivity index (χ1n) is 6.37. The largest absolute Gasteiger partial charge is 0.393 e. The van der Waals surface area contributed by atoms with Gasteiger partial charge in [-0.15, -0.1) is 0 Å². The Hall–Kier alpha value is -1.13. The minimum Gasteiger partial charge on any atom is -0.393 e. The van der Waals surface area contributed by atoms with Crippen LogP contribution in [-0.4, -0.2) is 29.3 Å². The van der Waals surface area contributed by atoms with E-state index in [9.17, 15) is 5.11 Å². The first-order valence-corrected chi connectivity index (χ1v) is 6.37. The van der Waals surface area contributed by atoms with Gasteiger partial charge in [0, 0.05) is 25.6 Å². The van der Waals surface area contributed by atoms with Crippen molar-refractivity contribution in [2.75, 3.05) is 18.0 Å². The molecule has 4 heteroatoms. The van der Waals surface area contributed by atoms with Crippen molar-refractivity contribution >= 4 is 5.82 Å². The lowest BCUT2D eigenvalue weighted by Gasteiger charge is -2.19. The van der Waals surface area contributed by atoms with Crippen molar-refractivity contribution in [1.82, 2.24) is 4.98 Å². The second-order valence-corrected chi connectivity index (χ2v) is 5.16. The molecule has 3 unspecified atom stereocenters. The summed E-state index contributed by atoms with van der Waals surface area (Å²) < 4.78 is 0. The van der Waals surface area contributed by atoms with Gasteiger partial charge in [0.15, 0.2) is 0 Å². The minimum atomic E-state index is -0.109. The average molecular weight is 233 g/mol. The van der Waals surface area contributed by atoms with Gasteiger partial charge in [-0.1, -0.05) is 6.07 Å². The van der Waals surface area contributed by atoms with Gasteiger partial charge in [-0.05, 0) is 30.9 Å². The van der Waals surface area contributed by atoms with Gasteiger partial charge >= 0.3 is 0 Å². The molecule has 2 aliphatic rings. The van der Waals surface area contributed by atoms with E-state index in [1.807, 2.05) is 18.2 Å². The molecule has 0 spiro atoms. The molecule has 1 aromatic heterocycles. The van der Waals surface area contributed by atoms with Gasteiger partial charge in [-0.2, -0.15) is 0 Å². The highest BCUT2D eigenvalue weighted by molar-refractivity contribution is 5.41. The second kappa shape index (κ2) is 4.27. The topological polar surface area (TPSA) is 62.4 Å². The SMILES string of the molecule is NCc1cccc(N2CC3CCC(O)C3C2)n1. The highest BCUT2D eigenvalue weighted by Gasteiger charge is 2.42. The van der Waals surface area contributed by atoms with Crippen LogP contribution in [0.25, 0.3) is 0 Å². The Morgan fingerprint density at radius 3 is 3.00 bits per heavy atom. The summed E-state index contributed by atoms with van der Waals surface area (Å²) in [5.41, 5.74) is 6.54. The Morgan fingerprint density at radius 2 is 2.24 bits per heavy atom. The summed E-state index contributed by atoms with van der Waals surface area (Å²) in [7, 11) is 0. The number of nitrogens with zero attached hydrogens (tertiary/aromatic N) is 2. The van der Waals surface area contributed by atoms with E-state index in [-0.39, 0.29) is 6.10 Å². The maximum absolute atomic E-state index is 9.90. The lowest BCUT2D eigenvalue weighted by molar-refractivity contribution is 0.133. The summed E-state index contributed by atoms with van der Waals surface area (Å²) in [6, 6.07) is 6.00. The molecular formula is C13H19N3O. The molecule has 1 aromatic rings. The van der Waals surface area contributed by atoms with Crippen LogP contribution >= 0.6 is 0 Å². The molecule has 3 N–H and O–H groups in total. The van der Waals surface area contributed by atoms with Crippen LogP contribution in [0.5, 0.6) is 0 Å². The summed E-state index contributed by atoms with van der Waals surface area (Å²) in [6.45, 7) is 2.45. The van der Waals surface area contributed by atoms with Gasteiger partial charge in [0.25, 0.3) is 0 Å². The Balaban J connectivity index is 1.78. The third kappa shape index (κ3) is 1.91. The maximum atomic E-state index is 9.90. The number of pyridine rings is 1. The number of hydrogen-bond acceptors (Lipinski definition) is 4. The zero-order valence-electron chi connectivity index (χ0n) is 9.92. The number of aliphatic hydroxyl groups is 1. The highest BCUT2D eigenvalue weighted by Crippen LogP contribution is 2.39. The molecule has 17 heavy (non-hydrogen) atoms. The summed E-state index contributed by atoms with van der Waals surface area (Å²) in [4.78, 5) is 6.83. The Labute approximate surface area is 101 Å². The molecule has 4 nitrogen and oxygen atoms in total. The third-order valence-corrected chi connectivity index (χ3v) is 4.14. The zero-order valence-corrected chi connectivity index (χ0v) is 9.92. The summed E-state index contributed by atoms with van der Waals surface area (Å²) in [5, 5.41) is 9.90. The van der Waals surface area contributed by atoms with Gasteiger partial charge in [0.1, 0.15) is 5.82 Å². The van der Waals surface area contributed by atoms with Crippen molar-refractivity contribution in [3.63, 3.8) is 0 Å². The molecular weight excluding hydrogens is 214 g/mol. The van der Waals surface area contributed by atoms with Gasteiger partial charge in [-0.25, -0.2) is 4.98 Å². The van der Waals surface area contributed by atoms with Crippen molar-refractivity contribution in [3.05, 3.63) is 23.9 Å². The van der Waals surface area contributed by atoms with E-state index in [0.29, 0.717) is 18.4 Å². The molecule has 0 bridgehead atoms. The van der Waals surface area contributed by atoms with Crippen LogP contribution in [0.1, 0.15) is 18.5 Å². The fourth-order valence-electron chi connectivity index (χ4n) is 3.18. The normalized spacial score (nSPS) is 31.9. The lowest BCUT2D eigenvalue weighted by atomic mass is 10.00. The number of rotatable bonds is 2. The number of aromatic nitrogens is 1. The molecule has 1 aliphatic heterocycles. The molecule has 0 aromatic carbocycles. The third-order valence-electron chi connectivity index (χ3n) is 4.14. The molecule has 3 atom stereocenters. The predicted octanol–water partition coefficient (Wildman–Crippen LogP) is 0.747. The van der Waals surface area contributed by atoms with Gasteiger partial charge < -0.3 is 15.7 Å². The van der Waals surface area contributed by atoms with Gasteiger partial charge in [-0.3, -0.25) is 0 Å². The lowest BCUT2D eigenvalue weighted by Crippen LogP contribution is -2.25. The van der Waals surface area contributed by atoms with E-state index in [0.717, 1.165) is 37.4 Å². The van der Waals surface area contributed by atoms with Crippen LogP contribution in [0.4, 0.5) is 5.82 Å². The average Bonchev–Trinajstić information content (AvgIpc) is 2.92. The van der Waals surface area contributed by atoms with Crippen molar-refractivity contribution < 1.29 is 5.11 Å². The molecule has 1 aliphatic carbocycles. The standard InChI is InChI=1S/C13H19N3O/c14-6-10-2-1-3-13(15-10)16-7-9-4-5-12(17)11(9)8-16/h1-3,9,11-12,17H,4-8,14H2. The molecule has 2 fully saturated rings. The molecule has 0 radical (unpaired) electrons. The predicted molar refractivity (Wildman–Crippen MR) is 66.6 cm³/mol. The van der Waals surface area contributed by atoms with Crippen molar-refractivity contribution in [1.29, 1.82) is 0 Å². The first-order chi connectivity index (χ1) is 8.28. The van der Waals surface area contributed by atoms with Crippen molar-refractivity contribution in [2.24, 2.45) is 17.6 Å². The van der Waals surface area contributed by atoms with Crippen LogP contribution in [-0.2, 0) is 6.54 Å². The number of nitrogens with two attached hydrogens (primary N) is 1. The molecule has 92 valence electrons. The second-order valence-electron chi connectivity index (χ2n) is 5.16. The Bertz CT molecular complexity index is 409. The smallest absolute Gasteiger partial charge is 0.128 e.